The summed E-state index contributed by atoms with van der Waals surface area (Å²) < 4.78 is 1.38. The van der Waals surface area contributed by atoms with Gasteiger partial charge in [-0.3, -0.25) is 4.57 Å². The minimum Gasteiger partial charge on any atom is -0.478 e. The first kappa shape index (κ1) is 12.2. The molecule has 0 bridgehead atoms. The number of hydrogen-bond acceptors (Lipinski definition) is 3. The van der Waals surface area contributed by atoms with E-state index in [1.807, 2.05) is 6.92 Å². The highest BCUT2D eigenvalue weighted by Gasteiger charge is 2.03. The van der Waals surface area contributed by atoms with E-state index in [2.05, 4.69) is 4.98 Å². The molecule has 0 unspecified atom stereocenters. The molecule has 0 radical (unpaired) electrons. The summed E-state index contributed by atoms with van der Waals surface area (Å²) >= 11 is 0. The van der Waals surface area contributed by atoms with Gasteiger partial charge in [-0.1, -0.05) is 13.0 Å². The Kier molecular flexibility index (Phi) is 3.99. The van der Waals surface area contributed by atoms with Crippen LogP contribution in [0, 0.1) is 6.92 Å². The van der Waals surface area contributed by atoms with Crippen molar-refractivity contribution in [2.24, 2.45) is 0 Å². The standard InChI is InChI=1S/C11H14N2O3/c1-3-9(10(14)15)4-5-13-7-8(2)6-12-11(13)16/h4,6-7H,3,5H2,1-2H3,(H,14,15). The number of nitrogens with zero attached hydrogens (tertiary/aromatic N) is 2. The average Bonchev–Trinajstić information content (AvgIpc) is 2.23. The van der Waals surface area contributed by atoms with E-state index in [0.717, 1.165) is 5.56 Å². The Morgan fingerprint density at radius 2 is 2.31 bits per heavy atom. The van der Waals surface area contributed by atoms with E-state index in [1.165, 1.54) is 16.8 Å². The molecule has 0 spiro atoms. The van der Waals surface area contributed by atoms with Crippen LogP contribution in [0.2, 0.25) is 0 Å². The summed E-state index contributed by atoms with van der Waals surface area (Å²) in [5.41, 5.74) is 0.789. The Labute approximate surface area is 93.1 Å². The average molecular weight is 222 g/mol. The molecule has 0 aliphatic rings. The molecule has 0 fully saturated rings. The summed E-state index contributed by atoms with van der Waals surface area (Å²) in [6.45, 7) is 3.82. The highest BCUT2D eigenvalue weighted by atomic mass is 16.4. The third-order valence-corrected chi connectivity index (χ3v) is 2.17. The van der Waals surface area contributed by atoms with Crippen LogP contribution in [0.5, 0.6) is 0 Å². The van der Waals surface area contributed by atoms with Gasteiger partial charge in [0.2, 0.25) is 0 Å². The van der Waals surface area contributed by atoms with Crippen molar-refractivity contribution in [3.8, 4) is 0 Å². The summed E-state index contributed by atoms with van der Waals surface area (Å²) in [6, 6.07) is 0. The minimum atomic E-state index is -0.948. The van der Waals surface area contributed by atoms with Crippen LogP contribution in [0.1, 0.15) is 18.9 Å². The van der Waals surface area contributed by atoms with Gasteiger partial charge in [-0.25, -0.2) is 14.6 Å². The van der Waals surface area contributed by atoms with Crippen molar-refractivity contribution in [2.75, 3.05) is 0 Å². The van der Waals surface area contributed by atoms with Crippen molar-refractivity contribution in [1.29, 1.82) is 0 Å². The van der Waals surface area contributed by atoms with Crippen molar-refractivity contribution >= 4 is 5.97 Å². The van der Waals surface area contributed by atoms with Gasteiger partial charge < -0.3 is 5.11 Å². The molecule has 1 N–H and O–H groups in total. The molecular formula is C11H14N2O3. The van der Waals surface area contributed by atoms with Crippen molar-refractivity contribution in [2.45, 2.75) is 26.8 Å². The van der Waals surface area contributed by atoms with E-state index in [4.69, 9.17) is 5.11 Å². The maximum Gasteiger partial charge on any atom is 0.347 e. The molecule has 5 heteroatoms. The van der Waals surface area contributed by atoms with Gasteiger partial charge in [0, 0.05) is 24.5 Å². The second-order valence-corrected chi connectivity index (χ2v) is 3.45. The highest BCUT2D eigenvalue weighted by molar-refractivity contribution is 5.86. The largest absolute Gasteiger partial charge is 0.478 e. The van der Waals surface area contributed by atoms with Crippen LogP contribution in [0.15, 0.2) is 28.8 Å². The first-order valence-electron chi connectivity index (χ1n) is 5.00. The number of aliphatic carboxylic acids is 1. The third-order valence-electron chi connectivity index (χ3n) is 2.17. The lowest BCUT2D eigenvalue weighted by atomic mass is 10.2. The molecule has 0 aliphatic heterocycles. The summed E-state index contributed by atoms with van der Waals surface area (Å²) in [5.74, 6) is -0.948. The van der Waals surface area contributed by atoms with Gasteiger partial charge in [-0.05, 0) is 18.9 Å². The van der Waals surface area contributed by atoms with Gasteiger partial charge in [0.15, 0.2) is 0 Å². The first-order chi connectivity index (χ1) is 7.54. The number of allylic oxidation sites excluding steroid dienone is 1. The summed E-state index contributed by atoms with van der Waals surface area (Å²) in [6.07, 6.45) is 5.11. The van der Waals surface area contributed by atoms with Gasteiger partial charge in [0.05, 0.1) is 0 Å². The van der Waals surface area contributed by atoms with Crippen LogP contribution >= 0.6 is 0 Å². The molecule has 1 heterocycles. The Hall–Kier alpha value is -1.91. The maximum atomic E-state index is 11.3. The van der Waals surface area contributed by atoms with Gasteiger partial charge in [-0.2, -0.15) is 0 Å². The Balaban J connectivity index is 2.93. The number of carboxylic acids is 1. The third kappa shape index (κ3) is 3.05. The second-order valence-electron chi connectivity index (χ2n) is 3.45. The predicted octanol–water partition coefficient (Wildman–Crippen LogP) is 0.973. The van der Waals surface area contributed by atoms with Gasteiger partial charge in [0.25, 0.3) is 0 Å². The van der Waals surface area contributed by atoms with Crippen LogP contribution in [-0.2, 0) is 11.3 Å². The molecule has 1 aromatic heterocycles. The molecule has 0 aromatic carbocycles. The fourth-order valence-corrected chi connectivity index (χ4v) is 1.29. The minimum absolute atomic E-state index is 0.239. The molecule has 5 nitrogen and oxygen atoms in total. The van der Waals surface area contributed by atoms with Crippen LogP contribution in [0.3, 0.4) is 0 Å². The van der Waals surface area contributed by atoms with E-state index in [1.54, 1.807) is 13.1 Å². The van der Waals surface area contributed by atoms with Gasteiger partial charge in [0.1, 0.15) is 0 Å². The van der Waals surface area contributed by atoms with Crippen LogP contribution in [-0.4, -0.2) is 20.6 Å². The first-order valence-corrected chi connectivity index (χ1v) is 5.00. The number of aryl methyl sites for hydroxylation is 1. The lowest BCUT2D eigenvalue weighted by Crippen LogP contribution is -2.22. The quantitative estimate of drug-likeness (QED) is 0.770. The smallest absolute Gasteiger partial charge is 0.347 e. The second kappa shape index (κ2) is 5.25. The highest BCUT2D eigenvalue weighted by Crippen LogP contribution is 2.01. The number of carboxylic acid groups (broad SMARTS) is 1. The normalized spacial score (nSPS) is 11.5. The number of carbonyl (C=O) groups is 1. The Morgan fingerprint density at radius 3 is 2.88 bits per heavy atom. The van der Waals surface area contributed by atoms with Crippen molar-refractivity contribution in [3.63, 3.8) is 0 Å². The molecule has 86 valence electrons. The monoisotopic (exact) mass is 222 g/mol. The van der Waals surface area contributed by atoms with Crippen LogP contribution < -0.4 is 5.69 Å². The number of aromatic nitrogens is 2. The Bertz CT molecular complexity index is 474. The molecule has 16 heavy (non-hydrogen) atoms. The molecule has 1 rings (SSSR count). The number of hydrogen-bond donors (Lipinski definition) is 1. The lowest BCUT2D eigenvalue weighted by molar-refractivity contribution is -0.132. The van der Waals surface area contributed by atoms with E-state index >= 15 is 0 Å². The van der Waals surface area contributed by atoms with Gasteiger partial charge in [-0.15, -0.1) is 0 Å². The van der Waals surface area contributed by atoms with E-state index in [0.29, 0.717) is 12.0 Å². The zero-order valence-electron chi connectivity index (χ0n) is 9.30. The summed E-state index contributed by atoms with van der Waals surface area (Å²) in [4.78, 5) is 25.7. The molecule has 0 amide bonds. The van der Waals surface area contributed by atoms with Gasteiger partial charge >= 0.3 is 11.7 Å². The summed E-state index contributed by atoms with van der Waals surface area (Å²) in [5, 5.41) is 8.80. The summed E-state index contributed by atoms with van der Waals surface area (Å²) in [7, 11) is 0. The van der Waals surface area contributed by atoms with E-state index in [-0.39, 0.29) is 12.2 Å². The lowest BCUT2D eigenvalue weighted by Gasteiger charge is -2.03. The van der Waals surface area contributed by atoms with Crippen molar-refractivity contribution in [3.05, 3.63) is 40.1 Å². The molecular weight excluding hydrogens is 208 g/mol. The molecule has 0 saturated carbocycles. The predicted molar refractivity (Wildman–Crippen MR) is 59.2 cm³/mol. The zero-order valence-corrected chi connectivity index (χ0v) is 9.30. The number of rotatable bonds is 4. The zero-order chi connectivity index (χ0) is 12.1. The van der Waals surface area contributed by atoms with Crippen LogP contribution in [0.4, 0.5) is 0 Å². The van der Waals surface area contributed by atoms with E-state index < -0.39 is 5.97 Å². The van der Waals surface area contributed by atoms with Crippen molar-refractivity contribution < 1.29 is 9.90 Å². The van der Waals surface area contributed by atoms with Crippen LogP contribution in [0.25, 0.3) is 0 Å². The SMILES string of the molecule is CCC(=CCn1cc(C)cnc1=O)C(=O)O. The molecule has 0 atom stereocenters. The molecule has 1 aromatic rings. The molecule has 0 aliphatic carbocycles. The maximum absolute atomic E-state index is 11.3. The fourth-order valence-electron chi connectivity index (χ4n) is 1.29. The van der Waals surface area contributed by atoms with Crippen molar-refractivity contribution in [1.82, 2.24) is 9.55 Å². The Morgan fingerprint density at radius 1 is 1.62 bits per heavy atom. The molecule has 0 saturated heterocycles. The fraction of sp³-hybridized carbons (Fsp3) is 0.364. The van der Waals surface area contributed by atoms with E-state index in [9.17, 15) is 9.59 Å². The topological polar surface area (TPSA) is 72.2 Å².